The number of aromatic nitrogens is 1. The monoisotopic (exact) mass is 701 g/mol. The molecule has 4 N–H and O–H groups in total. The summed E-state index contributed by atoms with van der Waals surface area (Å²) in [7, 11) is -1.87. The summed E-state index contributed by atoms with van der Waals surface area (Å²) in [6.45, 7) is 14.2. The van der Waals surface area contributed by atoms with Crippen molar-refractivity contribution in [1.29, 1.82) is 0 Å². The smallest absolute Gasteiger partial charge is 0.410 e. The number of carbonyl (C=O) groups is 3. The number of carbonyl (C=O) groups excluding carboxylic acids is 2. The van der Waals surface area contributed by atoms with Gasteiger partial charge in [0.25, 0.3) is 0 Å². The van der Waals surface area contributed by atoms with E-state index in [1.165, 1.54) is 12.1 Å². The summed E-state index contributed by atoms with van der Waals surface area (Å²) in [5.41, 5.74) is 2.72. The van der Waals surface area contributed by atoms with Crippen LogP contribution in [0.2, 0.25) is 11.6 Å². The van der Waals surface area contributed by atoms with E-state index in [4.69, 9.17) is 14.3 Å². The Balaban J connectivity index is 1.58. The number of hydrogen-bond donors (Lipinski definition) is 4. The predicted octanol–water partition coefficient (Wildman–Crippen LogP) is 6.69. The topological polar surface area (TPSA) is 158 Å². The van der Waals surface area contributed by atoms with Crippen LogP contribution in [0.25, 0.3) is 10.9 Å². The van der Waals surface area contributed by atoms with Crippen LogP contribution in [0.5, 0.6) is 5.75 Å². The SMILES string of the molecule is C[SiH](O[C@@H](CN(Cc1ccc(NC(=O)Cc2ccc(CC(=O)O)cc2)cc1)C(=O)OC(C)(C)C)c1ccc(O)c2[nH]c(=O)ccc12)C(C)(C)C. The van der Waals surface area contributed by atoms with Crippen LogP contribution in [-0.4, -0.2) is 59.3 Å². The van der Waals surface area contributed by atoms with E-state index < -0.39 is 32.8 Å². The number of pyridine rings is 1. The maximum atomic E-state index is 13.7. The largest absolute Gasteiger partial charge is 0.506 e. The summed E-state index contributed by atoms with van der Waals surface area (Å²) >= 11 is 0. The van der Waals surface area contributed by atoms with Crippen molar-refractivity contribution >= 4 is 43.6 Å². The zero-order chi connectivity index (χ0) is 36.8. The first-order valence-electron chi connectivity index (χ1n) is 16.5. The van der Waals surface area contributed by atoms with Crippen LogP contribution < -0.4 is 10.9 Å². The second-order valence-corrected chi connectivity index (χ2v) is 17.9. The molecule has 12 heteroatoms. The number of phenols is 1. The molecule has 0 bridgehead atoms. The number of aromatic hydroxyl groups is 1. The Kier molecular flexibility index (Phi) is 11.9. The van der Waals surface area contributed by atoms with Gasteiger partial charge in [-0.15, -0.1) is 0 Å². The van der Waals surface area contributed by atoms with Crippen LogP contribution in [0.15, 0.2) is 77.6 Å². The predicted molar refractivity (Wildman–Crippen MR) is 196 cm³/mol. The summed E-state index contributed by atoms with van der Waals surface area (Å²) in [6.07, 6.45) is -1.08. The molecule has 0 spiro atoms. The van der Waals surface area contributed by atoms with Crippen molar-refractivity contribution in [3.8, 4) is 5.75 Å². The van der Waals surface area contributed by atoms with Gasteiger partial charge in [-0.2, -0.15) is 0 Å². The van der Waals surface area contributed by atoms with Crippen molar-refractivity contribution < 1.29 is 33.8 Å². The number of nitrogens with one attached hydrogen (secondary N) is 2. The molecule has 0 fully saturated rings. The van der Waals surface area contributed by atoms with Crippen molar-refractivity contribution in [3.05, 3.63) is 105 Å². The first kappa shape index (κ1) is 37.9. The number of amides is 2. The van der Waals surface area contributed by atoms with Gasteiger partial charge in [0.15, 0.2) is 9.04 Å². The molecule has 1 aromatic heterocycles. The van der Waals surface area contributed by atoms with Crippen LogP contribution >= 0.6 is 0 Å². The van der Waals surface area contributed by atoms with E-state index in [2.05, 4.69) is 37.6 Å². The third-order valence-corrected chi connectivity index (χ3v) is 11.4. The zero-order valence-corrected chi connectivity index (χ0v) is 30.9. The molecule has 0 aliphatic rings. The number of aromatic amines is 1. The summed E-state index contributed by atoms with van der Waals surface area (Å²) in [4.78, 5) is 53.9. The number of hydrogen-bond acceptors (Lipinski definition) is 7. The first-order chi connectivity index (χ1) is 23.4. The third kappa shape index (κ3) is 10.8. The fourth-order valence-corrected chi connectivity index (χ4v) is 6.32. The summed E-state index contributed by atoms with van der Waals surface area (Å²) in [6, 6.07) is 20.4. The number of H-pyrrole nitrogens is 1. The van der Waals surface area contributed by atoms with Gasteiger partial charge in [-0.05, 0) is 78.9 Å². The summed E-state index contributed by atoms with van der Waals surface area (Å²) in [5.74, 6) is -1.20. The Bertz CT molecular complexity index is 1880. The summed E-state index contributed by atoms with van der Waals surface area (Å²) < 4.78 is 12.6. The number of phenolic OH excluding ortho intramolecular Hbond substituents is 1. The van der Waals surface area contributed by atoms with E-state index in [9.17, 15) is 24.3 Å². The van der Waals surface area contributed by atoms with Gasteiger partial charge in [-0.25, -0.2) is 4.79 Å². The summed E-state index contributed by atoms with van der Waals surface area (Å²) in [5, 5.41) is 22.9. The average Bonchev–Trinajstić information content (AvgIpc) is 3.01. The number of carboxylic acids is 1. The number of rotatable bonds is 12. The van der Waals surface area contributed by atoms with Crippen molar-refractivity contribution in [2.75, 3.05) is 11.9 Å². The maximum absolute atomic E-state index is 13.7. The lowest BCUT2D eigenvalue weighted by atomic mass is 10.0. The van der Waals surface area contributed by atoms with E-state index >= 15 is 0 Å². The maximum Gasteiger partial charge on any atom is 0.410 e. The molecule has 2 amide bonds. The molecule has 0 aliphatic carbocycles. The number of carboxylic acid groups (broad SMARTS) is 1. The quantitative estimate of drug-likeness (QED) is 0.119. The van der Waals surface area contributed by atoms with E-state index in [0.29, 0.717) is 22.2 Å². The highest BCUT2D eigenvalue weighted by Crippen LogP contribution is 2.36. The molecule has 1 unspecified atom stereocenters. The van der Waals surface area contributed by atoms with Gasteiger partial charge in [0.1, 0.15) is 11.4 Å². The van der Waals surface area contributed by atoms with Crippen LogP contribution in [-0.2, 0) is 38.1 Å². The molecule has 11 nitrogen and oxygen atoms in total. The lowest BCUT2D eigenvalue weighted by Gasteiger charge is -2.35. The van der Waals surface area contributed by atoms with E-state index in [1.807, 2.05) is 12.1 Å². The normalized spacial score (nSPS) is 13.0. The molecule has 3 aromatic carbocycles. The lowest BCUT2D eigenvalue weighted by molar-refractivity contribution is -0.136. The minimum atomic E-state index is -1.87. The van der Waals surface area contributed by atoms with Gasteiger partial charge in [0.2, 0.25) is 11.5 Å². The molecule has 1 heterocycles. The zero-order valence-electron chi connectivity index (χ0n) is 29.7. The molecule has 0 aliphatic heterocycles. The van der Waals surface area contributed by atoms with Gasteiger partial charge in [0.05, 0.1) is 31.0 Å². The minimum Gasteiger partial charge on any atom is -0.506 e. The van der Waals surface area contributed by atoms with E-state index in [-0.39, 0.29) is 48.2 Å². The highest BCUT2D eigenvalue weighted by molar-refractivity contribution is 6.53. The molecule has 4 aromatic rings. The fourth-order valence-electron chi connectivity index (χ4n) is 5.19. The van der Waals surface area contributed by atoms with Gasteiger partial charge >= 0.3 is 12.1 Å². The lowest BCUT2D eigenvalue weighted by Crippen LogP contribution is -2.40. The Morgan fingerprint density at radius 3 is 2.04 bits per heavy atom. The molecule has 2 atom stereocenters. The number of fused-ring (bicyclic) bond motifs is 1. The van der Waals surface area contributed by atoms with Crippen LogP contribution in [0.1, 0.15) is 69.9 Å². The average molecular weight is 702 g/mol. The molecule has 4 rings (SSSR count). The second kappa shape index (κ2) is 15.7. The van der Waals surface area contributed by atoms with Gasteiger partial charge < -0.3 is 34.6 Å². The van der Waals surface area contributed by atoms with Gasteiger partial charge in [-0.3, -0.25) is 14.4 Å². The highest BCUT2D eigenvalue weighted by atomic mass is 28.3. The minimum absolute atomic E-state index is 0.0638. The Morgan fingerprint density at radius 1 is 0.860 bits per heavy atom. The van der Waals surface area contributed by atoms with Crippen LogP contribution in [0.3, 0.4) is 0 Å². The number of anilines is 1. The third-order valence-electron chi connectivity index (χ3n) is 8.23. The molecular weight excluding hydrogens is 655 g/mol. The Labute approximate surface area is 294 Å². The van der Waals surface area contributed by atoms with Crippen molar-refractivity contribution in [2.24, 2.45) is 0 Å². The van der Waals surface area contributed by atoms with Gasteiger partial charge in [0, 0.05) is 23.7 Å². The molecule has 0 radical (unpaired) electrons. The highest BCUT2D eigenvalue weighted by Gasteiger charge is 2.32. The number of nitrogens with zero attached hydrogens (tertiary/aromatic N) is 1. The van der Waals surface area contributed by atoms with E-state index in [0.717, 1.165) is 16.7 Å². The van der Waals surface area contributed by atoms with Crippen LogP contribution in [0.4, 0.5) is 10.5 Å². The van der Waals surface area contributed by atoms with E-state index in [1.54, 1.807) is 74.2 Å². The van der Waals surface area contributed by atoms with Crippen molar-refractivity contribution in [1.82, 2.24) is 9.88 Å². The Hall–Kier alpha value is -4.94. The number of ether oxygens (including phenoxy) is 1. The standard InChI is InChI=1S/C38H47N3O8Si/c1-37(2,3)48-36(47)41(22-26-12-14-27(15-13-26)39-33(44)20-24-8-10-25(11-9-24)21-34(45)46)23-31(49-50(7)38(4,5)6)28-16-18-30(42)35-29(28)17-19-32(43)40-35/h8-19,31,42,50H,20-23H2,1-7H3,(H,39,44)(H,40,43)(H,45,46)/t31-,50?/m0/s1. The second-order valence-electron chi connectivity index (χ2n) is 14.6. The van der Waals surface area contributed by atoms with Crippen molar-refractivity contribution in [3.63, 3.8) is 0 Å². The molecule has 0 saturated carbocycles. The van der Waals surface area contributed by atoms with Crippen molar-refractivity contribution in [2.45, 2.75) is 84.2 Å². The fraction of sp³-hybridized carbons (Fsp3) is 0.368. The number of benzene rings is 3. The first-order valence-corrected chi connectivity index (χ1v) is 18.7. The molecule has 266 valence electrons. The Morgan fingerprint density at radius 2 is 1.46 bits per heavy atom. The van der Waals surface area contributed by atoms with Gasteiger partial charge in [-0.1, -0.05) is 63.2 Å². The molecule has 0 saturated heterocycles. The molecule has 50 heavy (non-hydrogen) atoms. The van der Waals surface area contributed by atoms with Crippen LogP contribution in [0, 0.1) is 0 Å². The molecular formula is C38H47N3O8Si. The number of aliphatic carboxylic acids is 1.